The van der Waals surface area contributed by atoms with Crippen LogP contribution in [0.15, 0.2) is 0 Å². The van der Waals surface area contributed by atoms with Crippen LogP contribution in [0.1, 0.15) is 12.8 Å². The van der Waals surface area contributed by atoms with E-state index < -0.39 is 0 Å². The third-order valence-corrected chi connectivity index (χ3v) is 2.35. The number of urea groups is 1. The van der Waals surface area contributed by atoms with Gasteiger partial charge >= 0.3 is 6.03 Å². The Labute approximate surface area is 77.6 Å². The zero-order valence-corrected chi connectivity index (χ0v) is 7.82. The maximum Gasteiger partial charge on any atom is 0.341 e. The average Bonchev–Trinajstić information content (AvgIpc) is 2.18. The first-order valence-electron chi connectivity index (χ1n) is 4.46. The summed E-state index contributed by atoms with van der Waals surface area (Å²) in [7, 11) is 1.42. The van der Waals surface area contributed by atoms with Crippen molar-refractivity contribution >= 4 is 6.03 Å². The molecule has 1 aliphatic heterocycles. The number of hydroxylamine groups is 1. The van der Waals surface area contributed by atoms with Crippen molar-refractivity contribution in [1.29, 1.82) is 0 Å². The first-order chi connectivity index (χ1) is 6.27. The van der Waals surface area contributed by atoms with Crippen LogP contribution in [0.5, 0.6) is 0 Å². The van der Waals surface area contributed by atoms with Crippen LogP contribution in [0.2, 0.25) is 0 Å². The van der Waals surface area contributed by atoms with Crippen LogP contribution < -0.4 is 5.48 Å². The Bertz CT molecular complexity index is 167. The Morgan fingerprint density at radius 2 is 2.23 bits per heavy atom. The van der Waals surface area contributed by atoms with Crippen LogP contribution in [-0.2, 0) is 4.84 Å². The number of carbonyl (C=O) groups is 1. The molecular formula is C8H16N2O3. The molecule has 1 fully saturated rings. The first kappa shape index (κ1) is 10.3. The topological polar surface area (TPSA) is 61.8 Å². The molecule has 5 heteroatoms. The molecular weight excluding hydrogens is 172 g/mol. The van der Waals surface area contributed by atoms with E-state index in [9.17, 15) is 4.79 Å². The lowest BCUT2D eigenvalue weighted by Crippen LogP contribution is -2.44. The van der Waals surface area contributed by atoms with Gasteiger partial charge in [-0.3, -0.25) is 4.84 Å². The first-order valence-corrected chi connectivity index (χ1v) is 4.46. The van der Waals surface area contributed by atoms with Crippen LogP contribution in [0, 0.1) is 5.92 Å². The van der Waals surface area contributed by atoms with E-state index >= 15 is 0 Å². The number of hydrogen-bond donors (Lipinski definition) is 2. The van der Waals surface area contributed by atoms with Crippen molar-refractivity contribution < 1.29 is 14.7 Å². The minimum Gasteiger partial charge on any atom is -0.396 e. The lowest BCUT2D eigenvalue weighted by Gasteiger charge is -2.30. The fourth-order valence-corrected chi connectivity index (χ4v) is 1.47. The van der Waals surface area contributed by atoms with Crippen molar-refractivity contribution in [3.63, 3.8) is 0 Å². The van der Waals surface area contributed by atoms with Crippen LogP contribution in [0.4, 0.5) is 4.79 Å². The highest BCUT2D eigenvalue weighted by Gasteiger charge is 2.21. The maximum absolute atomic E-state index is 11.2. The molecule has 2 N–H and O–H groups in total. The summed E-state index contributed by atoms with van der Waals surface area (Å²) in [6.07, 6.45) is 1.74. The van der Waals surface area contributed by atoms with E-state index in [2.05, 4.69) is 10.3 Å². The number of rotatable bonds is 2. The van der Waals surface area contributed by atoms with Crippen molar-refractivity contribution in [2.24, 2.45) is 5.92 Å². The smallest absolute Gasteiger partial charge is 0.341 e. The molecule has 0 unspecified atom stereocenters. The lowest BCUT2D eigenvalue weighted by molar-refractivity contribution is 0.0741. The predicted molar refractivity (Wildman–Crippen MR) is 46.9 cm³/mol. The molecule has 13 heavy (non-hydrogen) atoms. The highest BCUT2D eigenvalue weighted by Crippen LogP contribution is 2.15. The molecule has 1 saturated heterocycles. The van der Waals surface area contributed by atoms with E-state index in [-0.39, 0.29) is 12.6 Å². The third-order valence-electron chi connectivity index (χ3n) is 2.35. The molecule has 1 aliphatic rings. The van der Waals surface area contributed by atoms with Crippen LogP contribution >= 0.6 is 0 Å². The number of aliphatic hydroxyl groups is 1. The zero-order valence-electron chi connectivity index (χ0n) is 7.82. The molecule has 0 atom stereocenters. The molecule has 2 amide bonds. The van der Waals surface area contributed by atoms with Crippen molar-refractivity contribution in [2.45, 2.75) is 12.8 Å². The van der Waals surface area contributed by atoms with E-state index in [0.717, 1.165) is 12.8 Å². The molecule has 0 aromatic rings. The summed E-state index contributed by atoms with van der Waals surface area (Å²) in [6, 6.07) is -0.195. The molecule has 0 bridgehead atoms. The van der Waals surface area contributed by atoms with Gasteiger partial charge in [0, 0.05) is 19.7 Å². The molecule has 0 aromatic heterocycles. The number of nitrogens with one attached hydrogen (secondary N) is 1. The molecule has 0 aromatic carbocycles. The van der Waals surface area contributed by atoms with Gasteiger partial charge in [-0.15, -0.1) is 0 Å². The van der Waals surface area contributed by atoms with Crippen molar-refractivity contribution in [3.8, 4) is 0 Å². The van der Waals surface area contributed by atoms with Gasteiger partial charge in [-0.1, -0.05) is 0 Å². The lowest BCUT2D eigenvalue weighted by atomic mass is 9.98. The second-order valence-electron chi connectivity index (χ2n) is 3.22. The summed E-state index contributed by atoms with van der Waals surface area (Å²) in [5.74, 6) is 0.353. The van der Waals surface area contributed by atoms with E-state index in [0.29, 0.717) is 19.0 Å². The maximum atomic E-state index is 11.2. The SMILES string of the molecule is CONC(=O)N1CCC(CO)CC1. The molecule has 0 aliphatic carbocycles. The van der Waals surface area contributed by atoms with Crippen molar-refractivity contribution in [1.82, 2.24) is 10.4 Å². The highest BCUT2D eigenvalue weighted by atomic mass is 16.6. The van der Waals surface area contributed by atoms with Crippen LogP contribution in [0.25, 0.3) is 0 Å². The van der Waals surface area contributed by atoms with Gasteiger partial charge in [-0.25, -0.2) is 10.3 Å². The average molecular weight is 188 g/mol. The fraction of sp³-hybridized carbons (Fsp3) is 0.875. The van der Waals surface area contributed by atoms with Crippen molar-refractivity contribution in [2.75, 3.05) is 26.8 Å². The summed E-state index contributed by atoms with van der Waals surface area (Å²) >= 11 is 0. The molecule has 5 nitrogen and oxygen atoms in total. The third kappa shape index (κ3) is 2.86. The second-order valence-corrected chi connectivity index (χ2v) is 3.22. The Morgan fingerprint density at radius 3 is 2.69 bits per heavy atom. The number of piperidine rings is 1. The Morgan fingerprint density at radius 1 is 1.62 bits per heavy atom. The summed E-state index contributed by atoms with van der Waals surface area (Å²) < 4.78 is 0. The largest absolute Gasteiger partial charge is 0.396 e. The van der Waals surface area contributed by atoms with Gasteiger partial charge in [0.1, 0.15) is 0 Å². The van der Waals surface area contributed by atoms with E-state index in [4.69, 9.17) is 5.11 Å². The monoisotopic (exact) mass is 188 g/mol. The van der Waals surface area contributed by atoms with Gasteiger partial charge in [0.15, 0.2) is 0 Å². The molecule has 76 valence electrons. The summed E-state index contributed by atoms with van der Waals surface area (Å²) in [6.45, 7) is 1.61. The minimum atomic E-state index is -0.195. The van der Waals surface area contributed by atoms with Gasteiger partial charge in [0.2, 0.25) is 0 Å². The van der Waals surface area contributed by atoms with Crippen molar-refractivity contribution in [3.05, 3.63) is 0 Å². The minimum absolute atomic E-state index is 0.195. The highest BCUT2D eigenvalue weighted by molar-refractivity contribution is 5.73. The van der Waals surface area contributed by atoms with Crippen LogP contribution in [0.3, 0.4) is 0 Å². The molecule has 1 heterocycles. The van der Waals surface area contributed by atoms with Gasteiger partial charge in [0.05, 0.1) is 7.11 Å². The molecule has 0 radical (unpaired) electrons. The zero-order chi connectivity index (χ0) is 9.68. The normalized spacial score (nSPS) is 18.8. The number of likely N-dealkylation sites (tertiary alicyclic amines) is 1. The Kier molecular flexibility index (Phi) is 3.98. The number of aliphatic hydroxyl groups excluding tert-OH is 1. The van der Waals surface area contributed by atoms with E-state index in [1.165, 1.54) is 7.11 Å². The molecule has 0 saturated carbocycles. The number of hydrogen-bond acceptors (Lipinski definition) is 3. The summed E-state index contributed by atoms with van der Waals surface area (Å²) in [5.41, 5.74) is 2.27. The van der Waals surface area contributed by atoms with E-state index in [1.807, 2.05) is 0 Å². The number of nitrogens with zero attached hydrogens (tertiary/aromatic N) is 1. The quantitative estimate of drug-likeness (QED) is 0.598. The number of amides is 2. The number of carbonyl (C=O) groups excluding carboxylic acids is 1. The Balaban J connectivity index is 2.28. The van der Waals surface area contributed by atoms with Gasteiger partial charge < -0.3 is 10.0 Å². The van der Waals surface area contributed by atoms with Gasteiger partial charge in [-0.05, 0) is 18.8 Å². The Hall–Kier alpha value is -0.810. The predicted octanol–water partition coefficient (Wildman–Crippen LogP) is -0.0383. The van der Waals surface area contributed by atoms with E-state index in [1.54, 1.807) is 4.90 Å². The molecule has 1 rings (SSSR count). The van der Waals surface area contributed by atoms with Crippen LogP contribution in [-0.4, -0.2) is 42.8 Å². The van der Waals surface area contributed by atoms with Gasteiger partial charge in [0.25, 0.3) is 0 Å². The summed E-state index contributed by atoms with van der Waals surface area (Å²) in [4.78, 5) is 17.4. The summed E-state index contributed by atoms with van der Waals surface area (Å²) in [5, 5.41) is 8.88. The molecule has 0 spiro atoms. The second kappa shape index (κ2) is 5.04. The van der Waals surface area contributed by atoms with Gasteiger partial charge in [-0.2, -0.15) is 0 Å². The standard InChI is InChI=1S/C8H16N2O3/c1-13-9-8(12)10-4-2-7(6-11)3-5-10/h7,11H,2-6H2,1H3,(H,9,12). The fourth-order valence-electron chi connectivity index (χ4n) is 1.47.